The number of carbonyl (C=O) groups is 1. The van der Waals surface area contributed by atoms with E-state index >= 15 is 0 Å². The van der Waals surface area contributed by atoms with Crippen molar-refractivity contribution in [1.29, 1.82) is 5.26 Å². The molecule has 0 saturated heterocycles. The number of anilines is 2. The number of pyridine rings is 1. The van der Waals surface area contributed by atoms with Gasteiger partial charge in [-0.15, -0.1) is 0 Å². The molecule has 2 aromatic carbocycles. The number of rotatable bonds is 3. The van der Waals surface area contributed by atoms with Crippen molar-refractivity contribution in [1.82, 2.24) is 4.98 Å². The molecule has 1 N–H and O–H groups in total. The Morgan fingerprint density at radius 3 is 2.78 bits per heavy atom. The average molecular weight is 354 g/mol. The first-order chi connectivity index (χ1) is 13.2. The predicted octanol–water partition coefficient (Wildman–Crippen LogP) is 3.77. The highest BCUT2D eigenvalue weighted by molar-refractivity contribution is 6.04. The van der Waals surface area contributed by atoms with E-state index in [4.69, 9.17) is 5.26 Å². The summed E-state index contributed by atoms with van der Waals surface area (Å²) in [5, 5.41) is 11.8. The molecule has 1 aromatic heterocycles. The zero-order valence-electron chi connectivity index (χ0n) is 14.7. The molecule has 5 heteroatoms. The summed E-state index contributed by atoms with van der Waals surface area (Å²) in [5.74, 6) is 0.578. The minimum Gasteiger partial charge on any atom is -0.352 e. The van der Waals surface area contributed by atoms with E-state index in [1.807, 2.05) is 6.07 Å². The van der Waals surface area contributed by atoms with Crippen molar-refractivity contribution in [3.8, 4) is 6.07 Å². The van der Waals surface area contributed by atoms with Gasteiger partial charge in [0, 0.05) is 30.5 Å². The fourth-order valence-corrected chi connectivity index (χ4v) is 3.29. The van der Waals surface area contributed by atoms with Gasteiger partial charge in [0.05, 0.1) is 11.6 Å². The molecule has 27 heavy (non-hydrogen) atoms. The third-order valence-corrected chi connectivity index (χ3v) is 4.71. The van der Waals surface area contributed by atoms with Crippen LogP contribution in [0.15, 0.2) is 66.9 Å². The number of amides is 1. The number of aromatic nitrogens is 1. The van der Waals surface area contributed by atoms with E-state index in [0.717, 1.165) is 25.3 Å². The number of hydrogen-bond donors (Lipinski definition) is 1. The number of nitriles is 1. The van der Waals surface area contributed by atoms with Crippen LogP contribution in [0.25, 0.3) is 0 Å². The molecule has 2 heterocycles. The van der Waals surface area contributed by atoms with Crippen LogP contribution in [-0.4, -0.2) is 17.4 Å². The Morgan fingerprint density at radius 1 is 1.07 bits per heavy atom. The van der Waals surface area contributed by atoms with Crippen molar-refractivity contribution in [2.75, 3.05) is 16.8 Å². The highest BCUT2D eigenvalue weighted by Crippen LogP contribution is 2.23. The van der Waals surface area contributed by atoms with Crippen LogP contribution in [-0.2, 0) is 13.0 Å². The van der Waals surface area contributed by atoms with Crippen LogP contribution in [0.2, 0.25) is 0 Å². The van der Waals surface area contributed by atoms with Gasteiger partial charge in [0.15, 0.2) is 0 Å². The summed E-state index contributed by atoms with van der Waals surface area (Å²) in [6.07, 6.45) is 2.63. The first kappa shape index (κ1) is 16.8. The molecule has 3 aromatic rings. The van der Waals surface area contributed by atoms with Crippen LogP contribution in [0.3, 0.4) is 0 Å². The molecule has 0 bridgehead atoms. The number of nitrogens with one attached hydrogen (secondary N) is 1. The standard InChI is InChI=1S/C22H18N4O/c23-14-16-4-3-7-20(12-16)25-22(27)18-8-10-24-21(13-18)26-11-9-17-5-1-2-6-19(17)15-26/h1-8,10,12-13H,9,11,15H2,(H,25,27). The van der Waals surface area contributed by atoms with Crippen molar-refractivity contribution in [2.24, 2.45) is 0 Å². The van der Waals surface area contributed by atoms with Crippen LogP contribution in [0, 0.1) is 11.3 Å². The highest BCUT2D eigenvalue weighted by Gasteiger charge is 2.18. The number of fused-ring (bicyclic) bond motifs is 1. The molecule has 0 saturated carbocycles. The van der Waals surface area contributed by atoms with Gasteiger partial charge >= 0.3 is 0 Å². The van der Waals surface area contributed by atoms with Gasteiger partial charge in [-0.1, -0.05) is 30.3 Å². The first-order valence-electron chi connectivity index (χ1n) is 8.82. The largest absolute Gasteiger partial charge is 0.352 e. The van der Waals surface area contributed by atoms with Crippen molar-refractivity contribution >= 4 is 17.4 Å². The summed E-state index contributed by atoms with van der Waals surface area (Å²) in [5.41, 5.74) is 4.33. The molecular formula is C22H18N4O. The van der Waals surface area contributed by atoms with Gasteiger partial charge in [-0.2, -0.15) is 5.26 Å². The lowest BCUT2D eigenvalue weighted by molar-refractivity contribution is 0.102. The lowest BCUT2D eigenvalue weighted by Crippen LogP contribution is -2.31. The van der Waals surface area contributed by atoms with Crippen LogP contribution in [0.4, 0.5) is 11.5 Å². The second-order valence-electron chi connectivity index (χ2n) is 6.49. The quantitative estimate of drug-likeness (QED) is 0.777. The zero-order chi connectivity index (χ0) is 18.6. The third kappa shape index (κ3) is 3.65. The fourth-order valence-electron chi connectivity index (χ4n) is 3.29. The van der Waals surface area contributed by atoms with Gasteiger partial charge in [-0.05, 0) is 47.9 Å². The molecule has 5 nitrogen and oxygen atoms in total. The van der Waals surface area contributed by atoms with E-state index in [2.05, 4.69) is 45.5 Å². The van der Waals surface area contributed by atoms with Gasteiger partial charge in [0.1, 0.15) is 5.82 Å². The smallest absolute Gasteiger partial charge is 0.255 e. The monoisotopic (exact) mass is 354 g/mol. The van der Waals surface area contributed by atoms with Crippen molar-refractivity contribution < 1.29 is 4.79 Å². The summed E-state index contributed by atoms with van der Waals surface area (Å²) in [7, 11) is 0. The highest BCUT2D eigenvalue weighted by atomic mass is 16.1. The summed E-state index contributed by atoms with van der Waals surface area (Å²) in [4.78, 5) is 19.3. The summed E-state index contributed by atoms with van der Waals surface area (Å²) >= 11 is 0. The lowest BCUT2D eigenvalue weighted by Gasteiger charge is -2.29. The Labute approximate surface area is 157 Å². The SMILES string of the molecule is N#Cc1cccc(NC(=O)c2ccnc(N3CCc4ccccc4C3)c2)c1. The molecule has 0 spiro atoms. The number of benzene rings is 2. The van der Waals surface area contributed by atoms with E-state index in [1.54, 1.807) is 36.5 Å². The maximum absolute atomic E-state index is 12.6. The minimum atomic E-state index is -0.217. The topological polar surface area (TPSA) is 69.0 Å². The molecule has 0 fully saturated rings. The maximum Gasteiger partial charge on any atom is 0.255 e. The van der Waals surface area contributed by atoms with Gasteiger partial charge < -0.3 is 10.2 Å². The van der Waals surface area contributed by atoms with Crippen LogP contribution in [0.1, 0.15) is 27.0 Å². The van der Waals surface area contributed by atoms with Crippen molar-refractivity contribution in [3.63, 3.8) is 0 Å². The molecule has 0 atom stereocenters. The van der Waals surface area contributed by atoms with E-state index < -0.39 is 0 Å². The Bertz CT molecular complexity index is 1040. The average Bonchev–Trinajstić information content (AvgIpc) is 2.73. The molecule has 0 unspecified atom stereocenters. The number of carbonyl (C=O) groups excluding carboxylic acids is 1. The summed E-state index contributed by atoms with van der Waals surface area (Å²) in [6, 6.07) is 20.9. The van der Waals surface area contributed by atoms with Crippen molar-refractivity contribution in [2.45, 2.75) is 13.0 Å². The number of nitrogens with zero attached hydrogens (tertiary/aromatic N) is 3. The van der Waals surface area contributed by atoms with Crippen LogP contribution >= 0.6 is 0 Å². The van der Waals surface area contributed by atoms with Gasteiger partial charge in [0.2, 0.25) is 0 Å². The van der Waals surface area contributed by atoms with E-state index in [9.17, 15) is 4.79 Å². The fraction of sp³-hybridized carbons (Fsp3) is 0.136. The normalized spacial score (nSPS) is 12.8. The molecule has 1 aliphatic heterocycles. The Kier molecular flexibility index (Phi) is 4.54. The molecule has 1 aliphatic rings. The lowest BCUT2D eigenvalue weighted by atomic mass is 10.00. The molecule has 132 valence electrons. The van der Waals surface area contributed by atoms with E-state index in [0.29, 0.717) is 16.8 Å². The van der Waals surface area contributed by atoms with Gasteiger partial charge in [-0.3, -0.25) is 4.79 Å². The molecule has 4 rings (SSSR count). The summed E-state index contributed by atoms with van der Waals surface area (Å²) in [6.45, 7) is 1.66. The molecule has 0 radical (unpaired) electrons. The first-order valence-corrected chi connectivity index (χ1v) is 8.82. The Morgan fingerprint density at radius 2 is 1.93 bits per heavy atom. The minimum absolute atomic E-state index is 0.217. The number of hydrogen-bond acceptors (Lipinski definition) is 4. The zero-order valence-corrected chi connectivity index (χ0v) is 14.7. The molecular weight excluding hydrogens is 336 g/mol. The maximum atomic E-state index is 12.6. The van der Waals surface area contributed by atoms with E-state index in [1.165, 1.54) is 11.1 Å². The van der Waals surface area contributed by atoms with Gasteiger partial charge in [0.25, 0.3) is 5.91 Å². The Balaban J connectivity index is 1.52. The Hall–Kier alpha value is -3.65. The van der Waals surface area contributed by atoms with Crippen molar-refractivity contribution in [3.05, 3.63) is 89.1 Å². The molecule has 1 amide bonds. The summed E-state index contributed by atoms with van der Waals surface area (Å²) < 4.78 is 0. The third-order valence-electron chi connectivity index (χ3n) is 4.71. The van der Waals surface area contributed by atoms with Crippen LogP contribution < -0.4 is 10.2 Å². The second-order valence-corrected chi connectivity index (χ2v) is 6.49. The van der Waals surface area contributed by atoms with E-state index in [-0.39, 0.29) is 5.91 Å². The molecule has 0 aliphatic carbocycles. The van der Waals surface area contributed by atoms with Gasteiger partial charge in [-0.25, -0.2) is 4.98 Å². The second kappa shape index (κ2) is 7.30. The predicted molar refractivity (Wildman–Crippen MR) is 105 cm³/mol. The van der Waals surface area contributed by atoms with Crippen LogP contribution in [0.5, 0.6) is 0 Å².